The fraction of sp³-hybridized carbons (Fsp3) is 0.176. The van der Waals surface area contributed by atoms with Crippen LogP contribution in [0, 0.1) is 6.92 Å². The molecule has 0 aromatic heterocycles. The second-order valence-corrected chi connectivity index (χ2v) is 4.83. The van der Waals surface area contributed by atoms with Crippen LogP contribution in [-0.2, 0) is 4.79 Å². The fourth-order valence-corrected chi connectivity index (χ4v) is 1.97. The SMILES string of the molecule is Cc1ccc(/C(CCC(=O)Nc2ccccc2)=N/O)cc1. The van der Waals surface area contributed by atoms with Crippen LogP contribution >= 0.6 is 0 Å². The molecule has 0 saturated carbocycles. The van der Waals surface area contributed by atoms with Crippen molar-refractivity contribution < 1.29 is 10.0 Å². The summed E-state index contributed by atoms with van der Waals surface area (Å²) >= 11 is 0. The highest BCUT2D eigenvalue weighted by Crippen LogP contribution is 2.10. The summed E-state index contributed by atoms with van der Waals surface area (Å²) in [7, 11) is 0. The molecule has 2 N–H and O–H groups in total. The third-order valence-electron chi connectivity index (χ3n) is 3.15. The maximum atomic E-state index is 11.9. The molecule has 0 fully saturated rings. The number of rotatable bonds is 5. The van der Waals surface area contributed by atoms with Gasteiger partial charge in [0.15, 0.2) is 0 Å². The Labute approximate surface area is 124 Å². The summed E-state index contributed by atoms with van der Waals surface area (Å²) in [5.41, 5.74) is 3.24. The van der Waals surface area contributed by atoms with Crippen molar-refractivity contribution in [3.05, 3.63) is 65.7 Å². The number of anilines is 1. The number of para-hydroxylation sites is 1. The van der Waals surface area contributed by atoms with Crippen molar-refractivity contribution in [3.8, 4) is 0 Å². The van der Waals surface area contributed by atoms with Gasteiger partial charge >= 0.3 is 0 Å². The number of aryl methyl sites for hydroxylation is 1. The fourth-order valence-electron chi connectivity index (χ4n) is 1.97. The topological polar surface area (TPSA) is 61.7 Å². The van der Waals surface area contributed by atoms with Gasteiger partial charge in [-0.15, -0.1) is 0 Å². The molecule has 108 valence electrons. The van der Waals surface area contributed by atoms with Gasteiger partial charge in [0.2, 0.25) is 5.91 Å². The molecule has 0 aliphatic rings. The average Bonchev–Trinajstić information content (AvgIpc) is 2.50. The molecule has 4 heteroatoms. The van der Waals surface area contributed by atoms with Crippen molar-refractivity contribution in [1.82, 2.24) is 0 Å². The van der Waals surface area contributed by atoms with Crippen molar-refractivity contribution in [2.24, 2.45) is 5.16 Å². The number of hydrogen-bond donors (Lipinski definition) is 2. The Hall–Kier alpha value is -2.62. The standard InChI is InChI=1S/C17H18N2O2/c1-13-7-9-14(10-8-13)16(19-21)11-12-17(20)18-15-5-3-2-4-6-15/h2-10,21H,11-12H2,1H3,(H,18,20)/b19-16+. The van der Waals surface area contributed by atoms with E-state index in [2.05, 4.69) is 10.5 Å². The molecule has 0 bridgehead atoms. The minimum atomic E-state index is -0.102. The summed E-state index contributed by atoms with van der Waals surface area (Å²) in [5, 5.41) is 15.2. The third kappa shape index (κ3) is 4.45. The molecule has 4 nitrogen and oxygen atoms in total. The molecule has 2 aromatic rings. The second-order valence-electron chi connectivity index (χ2n) is 4.83. The van der Waals surface area contributed by atoms with E-state index >= 15 is 0 Å². The summed E-state index contributed by atoms with van der Waals surface area (Å²) in [6.45, 7) is 1.99. The van der Waals surface area contributed by atoms with Gasteiger partial charge in [-0.2, -0.15) is 0 Å². The zero-order valence-corrected chi connectivity index (χ0v) is 11.9. The molecule has 0 atom stereocenters. The van der Waals surface area contributed by atoms with E-state index in [0.29, 0.717) is 12.1 Å². The van der Waals surface area contributed by atoms with E-state index in [4.69, 9.17) is 5.21 Å². The van der Waals surface area contributed by atoms with Crippen LogP contribution in [-0.4, -0.2) is 16.8 Å². The lowest BCUT2D eigenvalue weighted by Gasteiger charge is -2.07. The summed E-state index contributed by atoms with van der Waals surface area (Å²) < 4.78 is 0. The van der Waals surface area contributed by atoms with E-state index in [1.54, 1.807) is 0 Å². The van der Waals surface area contributed by atoms with Crippen LogP contribution in [0.4, 0.5) is 5.69 Å². The lowest BCUT2D eigenvalue weighted by molar-refractivity contribution is -0.116. The van der Waals surface area contributed by atoms with Crippen LogP contribution in [0.2, 0.25) is 0 Å². The minimum Gasteiger partial charge on any atom is -0.411 e. The molecule has 0 radical (unpaired) electrons. The molecule has 0 aliphatic heterocycles. The van der Waals surface area contributed by atoms with Crippen LogP contribution in [0.15, 0.2) is 59.8 Å². The van der Waals surface area contributed by atoms with Crippen LogP contribution in [0.3, 0.4) is 0 Å². The molecular formula is C17H18N2O2. The van der Waals surface area contributed by atoms with Gasteiger partial charge in [0.1, 0.15) is 0 Å². The smallest absolute Gasteiger partial charge is 0.224 e. The molecule has 0 aliphatic carbocycles. The van der Waals surface area contributed by atoms with Gasteiger partial charge in [-0.1, -0.05) is 53.2 Å². The zero-order valence-electron chi connectivity index (χ0n) is 11.9. The Morgan fingerprint density at radius 3 is 2.33 bits per heavy atom. The number of nitrogens with zero attached hydrogens (tertiary/aromatic N) is 1. The monoisotopic (exact) mass is 282 g/mol. The number of hydrogen-bond acceptors (Lipinski definition) is 3. The molecule has 2 aromatic carbocycles. The molecule has 1 amide bonds. The minimum absolute atomic E-state index is 0.102. The summed E-state index contributed by atoms with van der Waals surface area (Å²) in [6.07, 6.45) is 0.653. The number of amides is 1. The van der Waals surface area contributed by atoms with Crippen molar-refractivity contribution in [2.75, 3.05) is 5.32 Å². The highest BCUT2D eigenvalue weighted by molar-refractivity contribution is 6.03. The number of oxime groups is 1. The Morgan fingerprint density at radius 2 is 1.71 bits per heavy atom. The van der Waals surface area contributed by atoms with E-state index in [1.807, 2.05) is 61.5 Å². The van der Waals surface area contributed by atoms with Gasteiger partial charge < -0.3 is 10.5 Å². The van der Waals surface area contributed by atoms with Crippen molar-refractivity contribution in [1.29, 1.82) is 0 Å². The Kier molecular flexibility index (Phi) is 5.10. The number of nitrogens with one attached hydrogen (secondary N) is 1. The lowest BCUT2D eigenvalue weighted by atomic mass is 10.0. The number of benzene rings is 2. The second kappa shape index (κ2) is 7.24. The van der Waals surface area contributed by atoms with Crippen LogP contribution < -0.4 is 5.32 Å². The van der Waals surface area contributed by atoms with Gasteiger partial charge in [-0.25, -0.2) is 0 Å². The predicted octanol–water partition coefficient (Wildman–Crippen LogP) is 3.59. The van der Waals surface area contributed by atoms with E-state index < -0.39 is 0 Å². The highest BCUT2D eigenvalue weighted by Gasteiger charge is 2.08. The summed E-state index contributed by atoms with van der Waals surface area (Å²) in [6, 6.07) is 17.0. The number of carbonyl (C=O) groups excluding carboxylic acids is 1. The molecule has 2 rings (SSSR count). The van der Waals surface area contributed by atoms with Gasteiger partial charge in [-0.05, 0) is 24.6 Å². The van der Waals surface area contributed by atoms with E-state index in [9.17, 15) is 4.79 Å². The number of carbonyl (C=O) groups is 1. The molecule has 0 heterocycles. The first-order valence-corrected chi connectivity index (χ1v) is 6.82. The first-order chi connectivity index (χ1) is 10.2. The summed E-state index contributed by atoms with van der Waals surface area (Å²) in [5.74, 6) is -0.102. The molecule has 21 heavy (non-hydrogen) atoms. The first-order valence-electron chi connectivity index (χ1n) is 6.82. The zero-order chi connectivity index (χ0) is 15.1. The molecule has 0 unspecified atom stereocenters. The van der Waals surface area contributed by atoms with E-state index in [1.165, 1.54) is 0 Å². The largest absolute Gasteiger partial charge is 0.411 e. The highest BCUT2D eigenvalue weighted by atomic mass is 16.4. The van der Waals surface area contributed by atoms with Gasteiger partial charge in [-0.3, -0.25) is 4.79 Å². The van der Waals surface area contributed by atoms with E-state index in [0.717, 1.165) is 16.8 Å². The first kappa shape index (κ1) is 14.8. The van der Waals surface area contributed by atoms with Crippen LogP contribution in [0.5, 0.6) is 0 Å². The molecule has 0 saturated heterocycles. The predicted molar refractivity (Wildman–Crippen MR) is 83.8 cm³/mol. The Morgan fingerprint density at radius 1 is 1.05 bits per heavy atom. The van der Waals surface area contributed by atoms with Crippen LogP contribution in [0.1, 0.15) is 24.0 Å². The van der Waals surface area contributed by atoms with Crippen molar-refractivity contribution in [2.45, 2.75) is 19.8 Å². The Bertz CT molecular complexity index is 619. The third-order valence-corrected chi connectivity index (χ3v) is 3.15. The van der Waals surface area contributed by atoms with Crippen molar-refractivity contribution >= 4 is 17.3 Å². The van der Waals surface area contributed by atoms with Gasteiger partial charge in [0.25, 0.3) is 0 Å². The van der Waals surface area contributed by atoms with Crippen molar-refractivity contribution in [3.63, 3.8) is 0 Å². The lowest BCUT2D eigenvalue weighted by Crippen LogP contribution is -2.13. The molecular weight excluding hydrogens is 264 g/mol. The average molecular weight is 282 g/mol. The molecule has 0 spiro atoms. The quantitative estimate of drug-likeness (QED) is 0.500. The maximum Gasteiger partial charge on any atom is 0.224 e. The van der Waals surface area contributed by atoms with E-state index in [-0.39, 0.29) is 12.3 Å². The normalized spacial score (nSPS) is 11.2. The Balaban J connectivity index is 1.91. The van der Waals surface area contributed by atoms with Gasteiger partial charge in [0.05, 0.1) is 5.71 Å². The summed E-state index contributed by atoms with van der Waals surface area (Å²) in [4.78, 5) is 11.9. The van der Waals surface area contributed by atoms with Crippen LogP contribution in [0.25, 0.3) is 0 Å². The van der Waals surface area contributed by atoms with Gasteiger partial charge in [0, 0.05) is 18.5 Å². The maximum absolute atomic E-state index is 11.9.